The SMILES string of the molecule is CN=C(NCCN(C)C1CCCCC1)NCC1(CCOC)CCCC1. The van der Waals surface area contributed by atoms with Crippen LogP contribution in [-0.4, -0.2) is 64.3 Å². The molecule has 0 radical (unpaired) electrons. The topological polar surface area (TPSA) is 48.9 Å². The largest absolute Gasteiger partial charge is 0.385 e. The summed E-state index contributed by atoms with van der Waals surface area (Å²) in [6, 6.07) is 0.779. The molecule has 2 aliphatic rings. The van der Waals surface area contributed by atoms with Crippen LogP contribution in [0.4, 0.5) is 0 Å². The standard InChI is InChI=1S/C20H40N4O/c1-21-19(22-14-15-24(2)18-9-5-4-6-10-18)23-17-20(13-16-25-3)11-7-8-12-20/h18H,4-17H2,1-3H3,(H2,21,22,23). The lowest BCUT2D eigenvalue weighted by molar-refractivity contribution is 0.138. The molecule has 2 fully saturated rings. The number of hydrogen-bond acceptors (Lipinski definition) is 3. The van der Waals surface area contributed by atoms with Gasteiger partial charge < -0.3 is 20.3 Å². The first-order chi connectivity index (χ1) is 12.2. The molecule has 146 valence electrons. The van der Waals surface area contributed by atoms with Crippen LogP contribution in [0.3, 0.4) is 0 Å². The minimum absolute atomic E-state index is 0.395. The molecule has 0 amide bonds. The maximum Gasteiger partial charge on any atom is 0.191 e. The van der Waals surface area contributed by atoms with Crippen molar-refractivity contribution >= 4 is 5.96 Å². The van der Waals surface area contributed by atoms with Crippen LogP contribution in [0.2, 0.25) is 0 Å². The number of guanidine groups is 1. The van der Waals surface area contributed by atoms with Crippen LogP contribution in [0.25, 0.3) is 0 Å². The molecule has 0 spiro atoms. The minimum Gasteiger partial charge on any atom is -0.385 e. The van der Waals surface area contributed by atoms with Gasteiger partial charge in [0.1, 0.15) is 0 Å². The Labute approximate surface area is 155 Å². The summed E-state index contributed by atoms with van der Waals surface area (Å²) in [7, 11) is 5.95. The predicted octanol–water partition coefficient (Wildman–Crippen LogP) is 3.01. The molecule has 0 aliphatic heterocycles. The summed E-state index contributed by atoms with van der Waals surface area (Å²) in [4.78, 5) is 6.94. The quantitative estimate of drug-likeness (QED) is 0.495. The summed E-state index contributed by atoms with van der Waals surface area (Å²) in [5.74, 6) is 0.945. The Hall–Kier alpha value is -0.810. The van der Waals surface area contributed by atoms with Crippen LogP contribution < -0.4 is 10.6 Å². The maximum atomic E-state index is 5.33. The van der Waals surface area contributed by atoms with Gasteiger partial charge in [0, 0.05) is 46.4 Å². The van der Waals surface area contributed by atoms with Crippen molar-refractivity contribution in [2.45, 2.75) is 70.3 Å². The number of rotatable bonds is 9. The Kier molecular flexibility index (Phi) is 9.04. The second kappa shape index (κ2) is 11.0. The van der Waals surface area contributed by atoms with E-state index in [9.17, 15) is 0 Å². The summed E-state index contributed by atoms with van der Waals surface area (Å²) in [5.41, 5.74) is 0.395. The van der Waals surface area contributed by atoms with Crippen molar-refractivity contribution in [3.8, 4) is 0 Å². The van der Waals surface area contributed by atoms with Crippen molar-refractivity contribution in [2.75, 3.05) is 47.4 Å². The Balaban J connectivity index is 1.69. The molecule has 0 atom stereocenters. The van der Waals surface area contributed by atoms with Crippen molar-refractivity contribution in [3.05, 3.63) is 0 Å². The van der Waals surface area contributed by atoms with E-state index < -0.39 is 0 Å². The zero-order valence-electron chi connectivity index (χ0n) is 16.8. The van der Waals surface area contributed by atoms with Gasteiger partial charge in [-0.2, -0.15) is 0 Å². The lowest BCUT2D eigenvalue weighted by Gasteiger charge is -2.32. The van der Waals surface area contributed by atoms with Crippen LogP contribution in [0, 0.1) is 5.41 Å². The molecular weight excluding hydrogens is 312 g/mol. The van der Waals surface area contributed by atoms with E-state index in [4.69, 9.17) is 4.74 Å². The Morgan fingerprint density at radius 2 is 1.84 bits per heavy atom. The third kappa shape index (κ3) is 6.78. The lowest BCUT2D eigenvalue weighted by atomic mass is 9.83. The van der Waals surface area contributed by atoms with Gasteiger partial charge in [0.2, 0.25) is 0 Å². The molecule has 0 aromatic heterocycles. The van der Waals surface area contributed by atoms with Gasteiger partial charge in [-0.1, -0.05) is 32.1 Å². The number of methoxy groups -OCH3 is 1. The average Bonchev–Trinajstić information content (AvgIpc) is 3.12. The molecule has 2 rings (SSSR count). The normalized spacial score (nSPS) is 21.7. The fourth-order valence-electron chi connectivity index (χ4n) is 4.51. The molecule has 2 N–H and O–H groups in total. The number of likely N-dealkylation sites (N-methyl/N-ethyl adjacent to an activating group) is 1. The van der Waals surface area contributed by atoms with Gasteiger partial charge >= 0.3 is 0 Å². The molecule has 0 unspecified atom stereocenters. The summed E-state index contributed by atoms with van der Waals surface area (Å²) >= 11 is 0. The zero-order valence-corrected chi connectivity index (χ0v) is 16.8. The van der Waals surface area contributed by atoms with E-state index in [0.717, 1.165) is 44.7 Å². The smallest absolute Gasteiger partial charge is 0.191 e. The molecule has 5 heteroatoms. The van der Waals surface area contributed by atoms with Crippen LogP contribution >= 0.6 is 0 Å². The van der Waals surface area contributed by atoms with E-state index in [0.29, 0.717) is 5.41 Å². The number of hydrogen-bond donors (Lipinski definition) is 2. The van der Waals surface area contributed by atoms with E-state index >= 15 is 0 Å². The van der Waals surface area contributed by atoms with Gasteiger partial charge in [-0.3, -0.25) is 4.99 Å². The molecule has 0 heterocycles. The molecular formula is C20H40N4O. The van der Waals surface area contributed by atoms with Gasteiger partial charge in [-0.25, -0.2) is 0 Å². The molecule has 25 heavy (non-hydrogen) atoms. The van der Waals surface area contributed by atoms with E-state index in [1.807, 2.05) is 7.05 Å². The summed E-state index contributed by atoms with van der Waals surface area (Å²) in [6.45, 7) is 3.91. The summed E-state index contributed by atoms with van der Waals surface area (Å²) in [6.07, 6.45) is 13.4. The van der Waals surface area contributed by atoms with E-state index in [-0.39, 0.29) is 0 Å². The highest BCUT2D eigenvalue weighted by Gasteiger charge is 2.33. The van der Waals surface area contributed by atoms with Gasteiger partial charge in [0.15, 0.2) is 5.96 Å². The third-order valence-electron chi connectivity index (χ3n) is 6.31. The number of aliphatic imine (C=N–C) groups is 1. The maximum absolute atomic E-state index is 5.33. The molecule has 5 nitrogen and oxygen atoms in total. The van der Waals surface area contributed by atoms with Crippen molar-refractivity contribution in [3.63, 3.8) is 0 Å². The monoisotopic (exact) mass is 352 g/mol. The van der Waals surface area contributed by atoms with Crippen molar-refractivity contribution < 1.29 is 4.74 Å². The first-order valence-corrected chi connectivity index (χ1v) is 10.3. The van der Waals surface area contributed by atoms with Crippen molar-refractivity contribution in [1.29, 1.82) is 0 Å². The molecule has 2 aliphatic carbocycles. The molecule has 2 saturated carbocycles. The highest BCUT2D eigenvalue weighted by Crippen LogP contribution is 2.40. The zero-order chi connectivity index (χ0) is 18.0. The van der Waals surface area contributed by atoms with Crippen molar-refractivity contribution in [1.82, 2.24) is 15.5 Å². The van der Waals surface area contributed by atoms with Gasteiger partial charge in [-0.05, 0) is 44.6 Å². The number of nitrogens with one attached hydrogen (secondary N) is 2. The second-order valence-corrected chi connectivity index (χ2v) is 8.07. The van der Waals surface area contributed by atoms with E-state index in [2.05, 4.69) is 27.6 Å². The first kappa shape index (κ1) is 20.5. The fourth-order valence-corrected chi connectivity index (χ4v) is 4.51. The Morgan fingerprint density at radius 3 is 2.48 bits per heavy atom. The lowest BCUT2D eigenvalue weighted by Crippen LogP contribution is -2.46. The van der Waals surface area contributed by atoms with Gasteiger partial charge in [0.05, 0.1) is 0 Å². The molecule has 0 aromatic carbocycles. The van der Waals surface area contributed by atoms with Crippen LogP contribution in [0.15, 0.2) is 4.99 Å². The Bertz CT molecular complexity index is 387. The van der Waals surface area contributed by atoms with E-state index in [1.54, 1.807) is 7.11 Å². The summed E-state index contributed by atoms with van der Waals surface area (Å²) < 4.78 is 5.33. The predicted molar refractivity (Wildman–Crippen MR) is 106 cm³/mol. The van der Waals surface area contributed by atoms with Gasteiger partial charge in [0.25, 0.3) is 0 Å². The van der Waals surface area contributed by atoms with Crippen molar-refractivity contribution in [2.24, 2.45) is 10.4 Å². The third-order valence-corrected chi connectivity index (χ3v) is 6.31. The Morgan fingerprint density at radius 1 is 1.12 bits per heavy atom. The molecule has 0 saturated heterocycles. The van der Waals surface area contributed by atoms with Gasteiger partial charge in [-0.15, -0.1) is 0 Å². The highest BCUT2D eigenvalue weighted by molar-refractivity contribution is 5.79. The fraction of sp³-hybridized carbons (Fsp3) is 0.950. The molecule has 0 bridgehead atoms. The minimum atomic E-state index is 0.395. The van der Waals surface area contributed by atoms with Crippen LogP contribution in [0.1, 0.15) is 64.2 Å². The highest BCUT2D eigenvalue weighted by atomic mass is 16.5. The van der Waals surface area contributed by atoms with E-state index in [1.165, 1.54) is 57.8 Å². The molecule has 0 aromatic rings. The van der Waals surface area contributed by atoms with Crippen LogP contribution in [0.5, 0.6) is 0 Å². The first-order valence-electron chi connectivity index (χ1n) is 10.3. The summed E-state index contributed by atoms with van der Waals surface area (Å²) in [5, 5.41) is 7.08. The number of ether oxygens (including phenoxy) is 1. The number of nitrogens with zero attached hydrogens (tertiary/aromatic N) is 2. The average molecular weight is 353 g/mol. The second-order valence-electron chi connectivity index (χ2n) is 8.07. The van der Waals surface area contributed by atoms with Crippen LogP contribution in [-0.2, 0) is 4.74 Å².